The third kappa shape index (κ3) is 4.27. The second kappa shape index (κ2) is 7.34. The SMILES string of the molecule is C/C=C/CCCCCC1NC=CN1C(C)O. The zero-order valence-corrected chi connectivity index (χ0v) is 10.4. The van der Waals surface area contributed by atoms with Crippen LogP contribution in [0.5, 0.6) is 0 Å². The number of rotatable bonds is 7. The average Bonchev–Trinajstić information content (AvgIpc) is 2.71. The molecule has 0 aromatic heterocycles. The maximum absolute atomic E-state index is 9.52. The Bertz CT molecular complexity index is 236. The highest BCUT2D eigenvalue weighted by molar-refractivity contribution is 4.94. The number of hydrogen-bond acceptors (Lipinski definition) is 3. The molecule has 0 saturated heterocycles. The first kappa shape index (κ1) is 13.1. The first-order chi connectivity index (χ1) is 7.75. The van der Waals surface area contributed by atoms with Crippen molar-refractivity contribution in [3.8, 4) is 0 Å². The van der Waals surface area contributed by atoms with Gasteiger partial charge in [0.25, 0.3) is 0 Å². The fourth-order valence-corrected chi connectivity index (χ4v) is 1.99. The Balaban J connectivity index is 2.09. The van der Waals surface area contributed by atoms with Gasteiger partial charge >= 0.3 is 0 Å². The topological polar surface area (TPSA) is 35.5 Å². The number of unbranched alkanes of at least 4 members (excludes halogenated alkanes) is 3. The van der Waals surface area contributed by atoms with Crippen LogP contribution in [0.1, 0.15) is 46.0 Å². The summed E-state index contributed by atoms with van der Waals surface area (Å²) < 4.78 is 0. The minimum atomic E-state index is -0.403. The number of aliphatic hydroxyl groups excluding tert-OH is 1. The highest BCUT2D eigenvalue weighted by Crippen LogP contribution is 2.15. The van der Waals surface area contributed by atoms with Gasteiger partial charge in [0.2, 0.25) is 0 Å². The van der Waals surface area contributed by atoms with Crippen LogP contribution in [0.3, 0.4) is 0 Å². The molecule has 0 spiro atoms. The molecule has 3 heteroatoms. The minimum Gasteiger partial charge on any atom is -0.374 e. The Morgan fingerprint density at radius 2 is 2.25 bits per heavy atom. The molecule has 0 saturated carbocycles. The molecule has 2 atom stereocenters. The second-order valence-electron chi connectivity index (χ2n) is 4.28. The van der Waals surface area contributed by atoms with E-state index in [2.05, 4.69) is 24.4 Å². The molecule has 0 amide bonds. The largest absolute Gasteiger partial charge is 0.374 e. The van der Waals surface area contributed by atoms with Crippen molar-refractivity contribution in [3.63, 3.8) is 0 Å². The van der Waals surface area contributed by atoms with E-state index < -0.39 is 6.23 Å². The summed E-state index contributed by atoms with van der Waals surface area (Å²) in [5.41, 5.74) is 0. The van der Waals surface area contributed by atoms with Gasteiger partial charge in [0.05, 0.1) is 0 Å². The maximum atomic E-state index is 9.52. The van der Waals surface area contributed by atoms with Gasteiger partial charge in [-0.15, -0.1) is 0 Å². The van der Waals surface area contributed by atoms with Crippen molar-refractivity contribution in [2.75, 3.05) is 0 Å². The summed E-state index contributed by atoms with van der Waals surface area (Å²) in [6, 6.07) is 0. The Kier molecular flexibility index (Phi) is 6.01. The van der Waals surface area contributed by atoms with Gasteiger partial charge in [0.15, 0.2) is 0 Å². The normalized spacial score (nSPS) is 21.7. The monoisotopic (exact) mass is 224 g/mol. The number of aliphatic hydroxyl groups is 1. The molecule has 0 fully saturated rings. The van der Waals surface area contributed by atoms with Crippen LogP contribution in [-0.2, 0) is 0 Å². The molecular weight excluding hydrogens is 200 g/mol. The van der Waals surface area contributed by atoms with Gasteiger partial charge in [-0.1, -0.05) is 18.6 Å². The zero-order chi connectivity index (χ0) is 11.8. The molecule has 0 bridgehead atoms. The third-order valence-electron chi connectivity index (χ3n) is 2.91. The molecule has 0 aliphatic carbocycles. The van der Waals surface area contributed by atoms with Crippen LogP contribution < -0.4 is 5.32 Å². The van der Waals surface area contributed by atoms with Crippen LogP contribution in [0.15, 0.2) is 24.6 Å². The van der Waals surface area contributed by atoms with Crippen molar-refractivity contribution in [3.05, 3.63) is 24.6 Å². The summed E-state index contributed by atoms with van der Waals surface area (Å²) in [6.07, 6.45) is 14.1. The van der Waals surface area contributed by atoms with Gasteiger partial charge in [-0.2, -0.15) is 0 Å². The Morgan fingerprint density at radius 1 is 1.44 bits per heavy atom. The fourth-order valence-electron chi connectivity index (χ4n) is 1.99. The second-order valence-corrected chi connectivity index (χ2v) is 4.28. The number of hydrogen-bond donors (Lipinski definition) is 2. The summed E-state index contributed by atoms with van der Waals surface area (Å²) in [5.74, 6) is 0. The molecule has 1 heterocycles. The fraction of sp³-hybridized carbons (Fsp3) is 0.692. The molecule has 0 aromatic carbocycles. The van der Waals surface area contributed by atoms with Gasteiger partial charge < -0.3 is 15.3 Å². The first-order valence-corrected chi connectivity index (χ1v) is 6.25. The van der Waals surface area contributed by atoms with Crippen LogP contribution in [0.25, 0.3) is 0 Å². The highest BCUT2D eigenvalue weighted by Gasteiger charge is 2.20. The van der Waals surface area contributed by atoms with E-state index in [1.807, 2.05) is 17.3 Å². The number of allylic oxidation sites excluding steroid dienone is 2. The summed E-state index contributed by atoms with van der Waals surface area (Å²) in [6.45, 7) is 3.87. The standard InChI is InChI=1S/C13H24N2O/c1-3-4-5-6-7-8-9-13-14-10-11-15(13)12(2)16/h3-4,10-14,16H,5-9H2,1-2H3/b4-3+. The molecule has 3 nitrogen and oxygen atoms in total. The van der Waals surface area contributed by atoms with Gasteiger partial charge in [0, 0.05) is 12.4 Å². The van der Waals surface area contributed by atoms with Crippen LogP contribution in [-0.4, -0.2) is 22.4 Å². The van der Waals surface area contributed by atoms with Gasteiger partial charge in [-0.3, -0.25) is 0 Å². The van der Waals surface area contributed by atoms with Gasteiger partial charge in [-0.05, 0) is 39.5 Å². The van der Waals surface area contributed by atoms with Crippen LogP contribution in [0.4, 0.5) is 0 Å². The van der Waals surface area contributed by atoms with E-state index in [1.54, 1.807) is 6.92 Å². The first-order valence-electron chi connectivity index (χ1n) is 6.25. The molecule has 1 aliphatic heterocycles. The Labute approximate surface area is 98.8 Å². The van der Waals surface area contributed by atoms with E-state index in [1.165, 1.54) is 25.7 Å². The van der Waals surface area contributed by atoms with Crippen molar-refractivity contribution >= 4 is 0 Å². The quantitative estimate of drug-likeness (QED) is 0.515. The summed E-state index contributed by atoms with van der Waals surface area (Å²) in [4.78, 5) is 1.96. The number of nitrogens with zero attached hydrogens (tertiary/aromatic N) is 1. The minimum absolute atomic E-state index is 0.279. The Morgan fingerprint density at radius 3 is 2.94 bits per heavy atom. The lowest BCUT2D eigenvalue weighted by atomic mass is 10.1. The van der Waals surface area contributed by atoms with E-state index in [9.17, 15) is 5.11 Å². The lowest BCUT2D eigenvalue weighted by Gasteiger charge is -2.28. The van der Waals surface area contributed by atoms with Crippen LogP contribution in [0, 0.1) is 0 Å². The Hall–Kier alpha value is -0.960. The third-order valence-corrected chi connectivity index (χ3v) is 2.91. The van der Waals surface area contributed by atoms with E-state index in [0.29, 0.717) is 0 Å². The predicted octanol–water partition coefficient (Wildman–Crippen LogP) is 2.55. The van der Waals surface area contributed by atoms with Crippen LogP contribution >= 0.6 is 0 Å². The lowest BCUT2D eigenvalue weighted by Crippen LogP contribution is -2.40. The van der Waals surface area contributed by atoms with Crippen molar-refractivity contribution in [2.24, 2.45) is 0 Å². The molecule has 2 unspecified atom stereocenters. The lowest BCUT2D eigenvalue weighted by molar-refractivity contribution is 0.0254. The van der Waals surface area contributed by atoms with Crippen molar-refractivity contribution in [2.45, 2.75) is 58.3 Å². The number of nitrogens with one attached hydrogen (secondary N) is 1. The van der Waals surface area contributed by atoms with E-state index >= 15 is 0 Å². The van der Waals surface area contributed by atoms with Crippen molar-refractivity contribution in [1.82, 2.24) is 10.2 Å². The molecule has 0 radical (unpaired) electrons. The summed E-state index contributed by atoms with van der Waals surface area (Å²) in [5, 5.41) is 12.8. The molecule has 0 aromatic rings. The van der Waals surface area contributed by atoms with Gasteiger partial charge in [0.1, 0.15) is 12.4 Å². The zero-order valence-electron chi connectivity index (χ0n) is 10.4. The van der Waals surface area contributed by atoms with E-state index in [-0.39, 0.29) is 6.17 Å². The molecule has 1 rings (SSSR count). The maximum Gasteiger partial charge on any atom is 0.125 e. The van der Waals surface area contributed by atoms with Crippen molar-refractivity contribution in [1.29, 1.82) is 0 Å². The van der Waals surface area contributed by atoms with Crippen molar-refractivity contribution < 1.29 is 5.11 Å². The average molecular weight is 224 g/mol. The summed E-state index contributed by atoms with van der Waals surface area (Å²) >= 11 is 0. The molecule has 1 aliphatic rings. The predicted molar refractivity (Wildman–Crippen MR) is 67.5 cm³/mol. The molecule has 92 valence electrons. The summed E-state index contributed by atoms with van der Waals surface area (Å²) in [7, 11) is 0. The van der Waals surface area contributed by atoms with Gasteiger partial charge in [-0.25, -0.2) is 0 Å². The molecular formula is C13H24N2O. The van der Waals surface area contributed by atoms with Crippen LogP contribution in [0.2, 0.25) is 0 Å². The molecule has 16 heavy (non-hydrogen) atoms. The van der Waals surface area contributed by atoms with E-state index in [0.717, 1.165) is 6.42 Å². The van der Waals surface area contributed by atoms with E-state index in [4.69, 9.17) is 0 Å². The highest BCUT2D eigenvalue weighted by atomic mass is 16.3. The smallest absolute Gasteiger partial charge is 0.125 e. The molecule has 2 N–H and O–H groups in total.